The van der Waals surface area contributed by atoms with Crippen molar-refractivity contribution in [2.24, 2.45) is 0 Å². The molecule has 1 aliphatic carbocycles. The molecule has 0 unspecified atom stereocenters. The van der Waals surface area contributed by atoms with Gasteiger partial charge in [-0.3, -0.25) is 4.79 Å². The molecule has 0 spiro atoms. The van der Waals surface area contributed by atoms with Crippen LogP contribution in [0.2, 0.25) is 0 Å². The van der Waals surface area contributed by atoms with Crippen molar-refractivity contribution in [1.82, 2.24) is 5.16 Å². The van der Waals surface area contributed by atoms with E-state index in [2.05, 4.69) is 29.4 Å². The number of aromatic nitrogens is 1. The van der Waals surface area contributed by atoms with Crippen LogP contribution in [0.25, 0.3) is 0 Å². The first-order chi connectivity index (χ1) is 12.9. The van der Waals surface area contributed by atoms with Gasteiger partial charge in [0.2, 0.25) is 5.78 Å². The number of alkyl halides is 3. The van der Waals surface area contributed by atoms with E-state index in [1.165, 1.54) is 9.79 Å². The summed E-state index contributed by atoms with van der Waals surface area (Å²) in [6.45, 7) is 0. The van der Waals surface area contributed by atoms with E-state index < -0.39 is 17.5 Å². The fourth-order valence-corrected chi connectivity index (χ4v) is 3.14. The molecule has 1 fully saturated rings. The third-order valence-corrected chi connectivity index (χ3v) is 5.19. The summed E-state index contributed by atoms with van der Waals surface area (Å²) < 4.78 is 42.3. The molecule has 1 saturated carbocycles. The molecular formula is C20H14F3NO2S. The Bertz CT molecular complexity index is 954. The van der Waals surface area contributed by atoms with Crippen molar-refractivity contribution >= 4 is 17.5 Å². The highest BCUT2D eigenvalue weighted by Crippen LogP contribution is 2.47. The van der Waals surface area contributed by atoms with Gasteiger partial charge in [0.1, 0.15) is 5.76 Å². The summed E-state index contributed by atoms with van der Waals surface area (Å²) in [7, 11) is 0. The molecule has 0 radical (unpaired) electrons. The van der Waals surface area contributed by atoms with Crippen LogP contribution < -0.4 is 0 Å². The molecule has 3 nitrogen and oxygen atoms in total. The number of hydrogen-bond donors (Lipinski definition) is 0. The molecule has 1 aliphatic heterocycles. The van der Waals surface area contributed by atoms with Gasteiger partial charge in [-0.15, -0.1) is 0 Å². The summed E-state index contributed by atoms with van der Waals surface area (Å²) in [6.07, 6.45) is -2.37. The van der Waals surface area contributed by atoms with Crippen molar-refractivity contribution in [3.05, 3.63) is 77.2 Å². The number of carbonyl (C=O) groups excluding carboxylic acids is 1. The Hall–Kier alpha value is -2.54. The van der Waals surface area contributed by atoms with E-state index in [9.17, 15) is 18.0 Å². The van der Waals surface area contributed by atoms with Crippen molar-refractivity contribution in [3.63, 3.8) is 0 Å². The minimum atomic E-state index is -4.41. The molecule has 1 aromatic heterocycles. The first-order valence-corrected chi connectivity index (χ1v) is 9.19. The molecule has 2 heterocycles. The molecule has 0 atom stereocenters. The van der Waals surface area contributed by atoms with Crippen molar-refractivity contribution in [2.75, 3.05) is 0 Å². The second-order valence-corrected chi connectivity index (χ2v) is 7.43. The van der Waals surface area contributed by atoms with E-state index in [1.54, 1.807) is 6.07 Å². The summed E-state index contributed by atoms with van der Waals surface area (Å²) in [6, 6.07) is 14.0. The summed E-state index contributed by atoms with van der Waals surface area (Å²) in [5.74, 6) is 0.561. The summed E-state index contributed by atoms with van der Waals surface area (Å²) in [4.78, 5) is 15.0. The molecule has 0 saturated heterocycles. The molecule has 7 heteroatoms. The number of fused-ring (bicyclic) bond motifs is 1. The van der Waals surface area contributed by atoms with Gasteiger partial charge >= 0.3 is 6.18 Å². The topological polar surface area (TPSA) is 43.1 Å². The third kappa shape index (κ3) is 4.24. The predicted octanol–water partition coefficient (Wildman–Crippen LogP) is 5.95. The quantitative estimate of drug-likeness (QED) is 0.321. The van der Waals surface area contributed by atoms with Crippen molar-refractivity contribution in [1.29, 1.82) is 0 Å². The van der Waals surface area contributed by atoms with Crippen LogP contribution in [-0.4, -0.2) is 10.9 Å². The second kappa shape index (κ2) is 6.88. The number of hydrogen-bond acceptors (Lipinski definition) is 4. The van der Waals surface area contributed by atoms with Gasteiger partial charge < -0.3 is 4.52 Å². The monoisotopic (exact) mass is 389 g/mol. The number of nitrogens with zero attached hydrogens (tertiary/aromatic N) is 1. The number of benzene rings is 2. The van der Waals surface area contributed by atoms with E-state index >= 15 is 0 Å². The van der Waals surface area contributed by atoms with E-state index in [-0.39, 0.29) is 11.3 Å². The Labute approximate surface area is 157 Å². The normalized spacial score (nSPS) is 14.8. The molecule has 2 aromatic carbocycles. The Kier molecular flexibility index (Phi) is 4.55. The van der Waals surface area contributed by atoms with Crippen LogP contribution in [-0.2, 0) is 6.18 Å². The summed E-state index contributed by atoms with van der Waals surface area (Å²) in [5, 5.41) is 3.68. The average molecular weight is 389 g/mol. The Morgan fingerprint density at radius 2 is 1.67 bits per heavy atom. The van der Waals surface area contributed by atoms with Crippen LogP contribution >= 0.6 is 11.8 Å². The highest BCUT2D eigenvalue weighted by atomic mass is 32.2. The lowest BCUT2D eigenvalue weighted by molar-refractivity contribution is -0.137. The summed E-state index contributed by atoms with van der Waals surface area (Å²) >= 11 is 1.86. The average Bonchev–Trinajstić information content (AvgIpc) is 3.59. The predicted molar refractivity (Wildman–Crippen MR) is 93.9 cm³/mol. The van der Waals surface area contributed by atoms with Crippen molar-refractivity contribution in [3.8, 4) is 0 Å². The largest absolute Gasteiger partial charge is 0.416 e. The van der Waals surface area contributed by atoms with Crippen LogP contribution in [0.5, 0.6) is 0 Å². The SMILES string of the molecule is O=C(c1ccc(C(F)(F)F)cc1)c1cc(C2CC2)on1.c1ccc2c(c1)S2. The summed E-state index contributed by atoms with van der Waals surface area (Å²) in [5.41, 5.74) is -0.492. The van der Waals surface area contributed by atoms with Crippen LogP contribution in [0.3, 0.4) is 0 Å². The minimum absolute atomic E-state index is 0.131. The van der Waals surface area contributed by atoms with Gasteiger partial charge in [-0.2, -0.15) is 13.2 Å². The molecule has 5 rings (SSSR count). The Balaban J connectivity index is 0.000000213. The molecule has 27 heavy (non-hydrogen) atoms. The lowest BCUT2D eigenvalue weighted by Crippen LogP contribution is -2.06. The van der Waals surface area contributed by atoms with Gasteiger partial charge in [0.15, 0.2) is 5.69 Å². The standard InChI is InChI=1S/C14H10F3NO2.C6H4S/c15-14(16,17)10-5-3-9(4-6-10)13(19)11-7-12(20-18-11)8-1-2-8;1-2-4-6-5(3-1)7-6/h3-8H,1-2H2;1-4H. The highest BCUT2D eigenvalue weighted by molar-refractivity contribution is 8.04. The Morgan fingerprint density at radius 1 is 1.04 bits per heavy atom. The van der Waals surface area contributed by atoms with Crippen molar-refractivity contribution < 1.29 is 22.5 Å². The second-order valence-electron chi connectivity index (χ2n) is 6.34. The smallest absolute Gasteiger partial charge is 0.360 e. The number of halogens is 3. The first-order valence-electron chi connectivity index (χ1n) is 8.37. The fourth-order valence-electron chi connectivity index (χ4n) is 2.53. The van der Waals surface area contributed by atoms with E-state index in [1.807, 2.05) is 11.8 Å². The maximum atomic E-state index is 12.4. The van der Waals surface area contributed by atoms with Crippen LogP contribution in [0, 0.1) is 0 Å². The van der Waals surface area contributed by atoms with Crippen LogP contribution in [0.4, 0.5) is 13.2 Å². The molecule has 0 N–H and O–H groups in total. The van der Waals surface area contributed by atoms with Gasteiger partial charge in [-0.05, 0) is 37.1 Å². The zero-order chi connectivity index (χ0) is 19.0. The molecule has 2 aliphatic rings. The molecular weight excluding hydrogens is 375 g/mol. The Morgan fingerprint density at radius 3 is 2.19 bits per heavy atom. The molecule has 0 amide bonds. The van der Waals surface area contributed by atoms with E-state index in [0.717, 1.165) is 37.1 Å². The lowest BCUT2D eigenvalue weighted by Gasteiger charge is -2.06. The van der Waals surface area contributed by atoms with Crippen LogP contribution in [0.15, 0.2) is 68.9 Å². The van der Waals surface area contributed by atoms with E-state index in [4.69, 9.17) is 4.52 Å². The zero-order valence-electron chi connectivity index (χ0n) is 14.0. The van der Waals surface area contributed by atoms with Gasteiger partial charge in [-0.25, -0.2) is 0 Å². The molecule has 3 aromatic rings. The van der Waals surface area contributed by atoms with Gasteiger partial charge in [0.05, 0.1) is 5.56 Å². The molecule has 0 bridgehead atoms. The van der Waals surface area contributed by atoms with E-state index in [0.29, 0.717) is 11.7 Å². The number of carbonyl (C=O) groups is 1. The van der Waals surface area contributed by atoms with Gasteiger partial charge in [0.25, 0.3) is 0 Å². The minimum Gasteiger partial charge on any atom is -0.360 e. The van der Waals surface area contributed by atoms with Crippen molar-refractivity contribution in [2.45, 2.75) is 34.7 Å². The third-order valence-electron chi connectivity index (χ3n) is 4.24. The highest BCUT2D eigenvalue weighted by Gasteiger charge is 2.31. The van der Waals surface area contributed by atoms with Gasteiger partial charge in [-0.1, -0.05) is 41.2 Å². The fraction of sp³-hybridized carbons (Fsp3) is 0.200. The number of ketones is 1. The zero-order valence-corrected chi connectivity index (χ0v) is 14.8. The number of rotatable bonds is 3. The molecule has 138 valence electrons. The van der Waals surface area contributed by atoms with Gasteiger partial charge in [0, 0.05) is 27.3 Å². The van der Waals surface area contributed by atoms with Crippen LogP contribution in [0.1, 0.15) is 46.1 Å². The first kappa shape index (κ1) is 17.9. The lowest BCUT2D eigenvalue weighted by atomic mass is 10.1. The maximum Gasteiger partial charge on any atom is 0.416 e. The maximum absolute atomic E-state index is 12.4.